The van der Waals surface area contributed by atoms with Gasteiger partial charge in [0.05, 0.1) is 24.4 Å². The summed E-state index contributed by atoms with van der Waals surface area (Å²) in [4.78, 5) is 14.2. The van der Waals surface area contributed by atoms with E-state index in [-0.39, 0.29) is 11.5 Å². The van der Waals surface area contributed by atoms with Crippen molar-refractivity contribution in [2.75, 3.05) is 11.9 Å². The fraction of sp³-hybridized carbons (Fsp3) is 0.476. The number of carbonyl (C=O) groups excluding carboxylic acids is 1. The third-order valence-electron chi connectivity index (χ3n) is 5.06. The van der Waals surface area contributed by atoms with Crippen LogP contribution in [0.2, 0.25) is 0 Å². The van der Waals surface area contributed by atoms with Crippen LogP contribution in [0.1, 0.15) is 60.2 Å². The zero-order valence-corrected chi connectivity index (χ0v) is 17.6. The van der Waals surface area contributed by atoms with Crippen molar-refractivity contribution in [2.45, 2.75) is 52.5 Å². The van der Waals surface area contributed by atoms with Gasteiger partial charge in [-0.2, -0.15) is 0 Å². The third kappa shape index (κ3) is 3.50. The van der Waals surface area contributed by atoms with Crippen molar-refractivity contribution < 1.29 is 14.3 Å². The Morgan fingerprint density at radius 1 is 1.36 bits per heavy atom. The van der Waals surface area contributed by atoms with E-state index in [0.29, 0.717) is 31.1 Å². The molecule has 1 aromatic heterocycles. The van der Waals surface area contributed by atoms with Gasteiger partial charge in [0.1, 0.15) is 16.9 Å². The first-order valence-electron chi connectivity index (χ1n) is 9.61. The fourth-order valence-electron chi connectivity index (χ4n) is 3.57. The molecule has 0 saturated heterocycles. The lowest BCUT2D eigenvalue weighted by atomic mass is 9.92. The second-order valence-corrected chi connectivity index (χ2v) is 9.57. The van der Waals surface area contributed by atoms with Crippen LogP contribution < -0.4 is 15.9 Å². The Labute approximate surface area is 169 Å². The average molecular weight is 402 g/mol. The number of benzene rings is 1. The second-order valence-electron chi connectivity index (χ2n) is 8.47. The summed E-state index contributed by atoms with van der Waals surface area (Å²) in [6.07, 6.45) is 0.301. The lowest BCUT2D eigenvalue weighted by Gasteiger charge is -2.35. The minimum Gasteiger partial charge on any atom is -0.493 e. The number of ether oxygens (including phenoxy) is 2. The van der Waals surface area contributed by atoms with Gasteiger partial charge in [-0.1, -0.05) is 26.0 Å². The molecule has 2 aliphatic rings. The molecule has 0 saturated carbocycles. The van der Waals surface area contributed by atoms with Crippen molar-refractivity contribution in [2.24, 2.45) is 11.8 Å². The molecule has 0 bridgehead atoms. The molecule has 28 heavy (non-hydrogen) atoms. The van der Waals surface area contributed by atoms with Gasteiger partial charge in [-0.05, 0) is 43.0 Å². The summed E-state index contributed by atoms with van der Waals surface area (Å²) in [7, 11) is 0. The van der Waals surface area contributed by atoms with Gasteiger partial charge in [0.25, 0.3) is 5.91 Å². The highest BCUT2D eigenvalue weighted by molar-refractivity contribution is 7.16. The zero-order valence-electron chi connectivity index (χ0n) is 16.7. The Morgan fingerprint density at radius 2 is 2.07 bits per heavy atom. The van der Waals surface area contributed by atoms with E-state index in [1.54, 1.807) is 11.3 Å². The number of nitrogens with two attached hydrogens (primary N) is 1. The van der Waals surface area contributed by atoms with E-state index in [1.165, 1.54) is 5.01 Å². The van der Waals surface area contributed by atoms with E-state index in [2.05, 4.69) is 19.2 Å². The number of nitrogens with one attached hydrogen (secondary N) is 1. The lowest BCUT2D eigenvalue weighted by molar-refractivity contribution is -0.0384. The summed E-state index contributed by atoms with van der Waals surface area (Å²) in [5.41, 5.74) is 2.41. The number of nitrogens with zero attached hydrogens (tertiary/aromatic N) is 1. The van der Waals surface area contributed by atoms with E-state index in [4.69, 9.17) is 15.3 Å². The number of hydrogen-bond donors (Lipinski definition) is 2. The predicted molar refractivity (Wildman–Crippen MR) is 110 cm³/mol. The maximum atomic E-state index is 13.1. The largest absolute Gasteiger partial charge is 0.493 e. The molecule has 0 fully saturated rings. The smallest absolute Gasteiger partial charge is 0.273 e. The van der Waals surface area contributed by atoms with E-state index < -0.39 is 6.17 Å². The van der Waals surface area contributed by atoms with Crippen molar-refractivity contribution in [3.63, 3.8) is 0 Å². The number of carbonyl (C=O) groups is 1. The Morgan fingerprint density at radius 3 is 2.75 bits per heavy atom. The van der Waals surface area contributed by atoms with Crippen LogP contribution in [-0.2, 0) is 17.8 Å². The highest BCUT2D eigenvalue weighted by Crippen LogP contribution is 2.44. The van der Waals surface area contributed by atoms with Crippen LogP contribution >= 0.6 is 11.3 Å². The van der Waals surface area contributed by atoms with Gasteiger partial charge in [-0.3, -0.25) is 4.79 Å². The maximum absolute atomic E-state index is 13.1. The van der Waals surface area contributed by atoms with Gasteiger partial charge >= 0.3 is 0 Å². The molecule has 2 aromatic rings. The summed E-state index contributed by atoms with van der Waals surface area (Å²) in [6.45, 7) is 9.53. The molecule has 7 heteroatoms. The van der Waals surface area contributed by atoms with Crippen LogP contribution in [0.5, 0.6) is 5.75 Å². The minimum atomic E-state index is -0.409. The van der Waals surface area contributed by atoms with Crippen LogP contribution in [0.3, 0.4) is 0 Å². The first-order valence-corrected chi connectivity index (χ1v) is 10.4. The van der Waals surface area contributed by atoms with Crippen LogP contribution in [0.4, 0.5) is 5.00 Å². The molecule has 0 aliphatic carbocycles. The van der Waals surface area contributed by atoms with Gasteiger partial charge in [0.2, 0.25) is 0 Å². The van der Waals surface area contributed by atoms with Crippen LogP contribution in [0.25, 0.3) is 0 Å². The van der Waals surface area contributed by atoms with Crippen molar-refractivity contribution in [1.29, 1.82) is 0 Å². The minimum absolute atomic E-state index is 0.144. The predicted octanol–water partition coefficient (Wildman–Crippen LogP) is 4.07. The zero-order chi connectivity index (χ0) is 20.1. The Bertz CT molecular complexity index is 889. The van der Waals surface area contributed by atoms with Crippen molar-refractivity contribution in [3.05, 3.63) is 45.8 Å². The van der Waals surface area contributed by atoms with Gasteiger partial charge in [0.15, 0.2) is 0 Å². The Hall–Kier alpha value is -2.09. The molecule has 1 aromatic carbocycles. The summed E-state index contributed by atoms with van der Waals surface area (Å²) < 4.78 is 11.7. The van der Waals surface area contributed by atoms with Gasteiger partial charge in [-0.25, -0.2) is 10.9 Å². The fourth-order valence-corrected chi connectivity index (χ4v) is 4.72. The molecule has 3 N–H and O–H groups in total. The lowest BCUT2D eigenvalue weighted by Crippen LogP contribution is -2.47. The summed E-state index contributed by atoms with van der Waals surface area (Å²) in [5, 5.41) is 5.62. The molecule has 1 unspecified atom stereocenters. The van der Waals surface area contributed by atoms with Gasteiger partial charge < -0.3 is 14.8 Å². The van der Waals surface area contributed by atoms with E-state index in [1.807, 2.05) is 38.1 Å². The molecule has 1 amide bonds. The summed E-state index contributed by atoms with van der Waals surface area (Å²) in [6, 6.07) is 7.74. The van der Waals surface area contributed by atoms with Crippen molar-refractivity contribution >= 4 is 22.2 Å². The highest BCUT2D eigenvalue weighted by Gasteiger charge is 2.39. The molecule has 2 aliphatic heterocycles. The molecule has 0 radical (unpaired) electrons. The van der Waals surface area contributed by atoms with Gasteiger partial charge in [0, 0.05) is 11.3 Å². The van der Waals surface area contributed by atoms with Crippen LogP contribution in [-0.4, -0.2) is 23.1 Å². The molecular weight excluding hydrogens is 374 g/mol. The number of thiophene rings is 1. The van der Waals surface area contributed by atoms with Crippen molar-refractivity contribution in [1.82, 2.24) is 5.01 Å². The first kappa shape index (κ1) is 19.2. The highest BCUT2D eigenvalue weighted by atomic mass is 32.1. The second kappa shape index (κ2) is 7.06. The number of fused-ring (bicyclic) bond motifs is 3. The molecular formula is C21H27N3O3S. The summed E-state index contributed by atoms with van der Waals surface area (Å²) >= 11 is 1.59. The standard InChI is InChI=1S/C21H27N3O3S/c1-12(2)10-26-14-7-5-13(6-8-14)18-23-19-17(20(25)24(18)22)15-9-21(3,4)27-11-16(15)28-19/h5-8,12,18,23H,9-11,22H2,1-4H3. The monoisotopic (exact) mass is 401 g/mol. The van der Waals surface area contributed by atoms with E-state index in [9.17, 15) is 4.79 Å². The molecule has 3 heterocycles. The Kier molecular flexibility index (Phi) is 4.85. The van der Waals surface area contributed by atoms with Crippen molar-refractivity contribution in [3.8, 4) is 5.75 Å². The topological polar surface area (TPSA) is 76.8 Å². The molecule has 0 spiro atoms. The number of hydrazine groups is 1. The molecule has 4 rings (SSSR count). The SMILES string of the molecule is CC(C)COc1ccc(C2Nc3sc4c(c3C(=O)N2N)CC(C)(C)OC4)cc1. The number of amides is 1. The van der Waals surface area contributed by atoms with Gasteiger partial charge in [-0.15, -0.1) is 11.3 Å². The number of hydrogen-bond acceptors (Lipinski definition) is 6. The maximum Gasteiger partial charge on any atom is 0.273 e. The number of anilines is 1. The van der Waals surface area contributed by atoms with Crippen LogP contribution in [0.15, 0.2) is 24.3 Å². The Balaban J connectivity index is 1.59. The van der Waals surface area contributed by atoms with E-state index >= 15 is 0 Å². The molecule has 150 valence electrons. The first-order chi connectivity index (χ1) is 13.2. The quantitative estimate of drug-likeness (QED) is 0.596. The molecule has 6 nitrogen and oxygen atoms in total. The third-order valence-corrected chi connectivity index (χ3v) is 6.20. The average Bonchev–Trinajstić information content (AvgIpc) is 3.00. The number of rotatable bonds is 4. The van der Waals surface area contributed by atoms with Crippen LogP contribution in [0, 0.1) is 5.92 Å². The van der Waals surface area contributed by atoms with E-state index in [0.717, 1.165) is 26.8 Å². The summed E-state index contributed by atoms with van der Waals surface area (Å²) in [5.74, 6) is 7.37. The normalized spacial score (nSPS) is 20.6. The molecule has 1 atom stereocenters.